The van der Waals surface area contributed by atoms with E-state index in [0.717, 1.165) is 0 Å². The van der Waals surface area contributed by atoms with Crippen LogP contribution in [0.3, 0.4) is 0 Å². The Balaban J connectivity index is 0.00000144. The van der Waals surface area contributed by atoms with Crippen molar-refractivity contribution in [3.05, 3.63) is 29.6 Å². The van der Waals surface area contributed by atoms with Crippen LogP contribution in [0, 0.1) is 0 Å². The predicted octanol–water partition coefficient (Wildman–Crippen LogP) is 0.0972. The van der Waals surface area contributed by atoms with Crippen LogP contribution in [-0.2, 0) is 0 Å². The number of pyridine rings is 1. The molecule has 0 fully saturated rings. The number of carboxylic acids is 2. The molecule has 5 nitrogen and oxygen atoms in total. The first-order valence-electron chi connectivity index (χ1n) is 3.04. The van der Waals surface area contributed by atoms with Gasteiger partial charge in [0.1, 0.15) is 0 Å². The van der Waals surface area contributed by atoms with Gasteiger partial charge in [-0.1, -0.05) is 0 Å². The number of carbonyl (C=O) groups is 2. The number of hydrogen-bond acceptors (Lipinski definition) is 3. The standard InChI is InChI=1S/C7H5NO4.Li/c9-6(10)4-2-1-3-8-5(4)7(11)12;/h1-3H,(H,9,10)(H,11,12);. The molecule has 0 aliphatic heterocycles. The maximum atomic E-state index is 10.4. The molecule has 0 aliphatic carbocycles. The Morgan fingerprint density at radius 1 is 1.23 bits per heavy atom. The topological polar surface area (TPSA) is 87.5 Å². The minimum absolute atomic E-state index is 0. The molecule has 1 rings (SSSR count). The van der Waals surface area contributed by atoms with Crippen molar-refractivity contribution < 1.29 is 19.8 Å². The Labute approximate surface area is 85.6 Å². The summed E-state index contributed by atoms with van der Waals surface area (Å²) in [5, 5.41) is 17.0. The normalized spacial score (nSPS) is 8.62. The summed E-state index contributed by atoms with van der Waals surface area (Å²) in [6.07, 6.45) is 1.23. The summed E-state index contributed by atoms with van der Waals surface area (Å²) in [5.41, 5.74) is -0.741. The van der Waals surface area contributed by atoms with Gasteiger partial charge in [-0.15, -0.1) is 0 Å². The minimum Gasteiger partial charge on any atom is -0.478 e. The van der Waals surface area contributed by atoms with Crippen LogP contribution >= 0.6 is 0 Å². The van der Waals surface area contributed by atoms with Gasteiger partial charge in [-0.3, -0.25) is 0 Å². The number of nitrogens with zero attached hydrogens (tertiary/aromatic N) is 1. The molecule has 0 bridgehead atoms. The van der Waals surface area contributed by atoms with Gasteiger partial charge < -0.3 is 10.2 Å². The van der Waals surface area contributed by atoms with Crippen molar-refractivity contribution in [2.45, 2.75) is 0 Å². The van der Waals surface area contributed by atoms with Crippen LogP contribution in [0.25, 0.3) is 0 Å². The fraction of sp³-hybridized carbons (Fsp3) is 0. The Bertz CT molecular complexity index is 306. The summed E-state index contributed by atoms with van der Waals surface area (Å²) >= 11 is 0. The zero-order valence-corrected chi connectivity index (χ0v) is 6.89. The molecule has 0 saturated heterocycles. The quantitative estimate of drug-likeness (QED) is 0.620. The Morgan fingerprint density at radius 2 is 1.85 bits per heavy atom. The molecule has 2 N–H and O–H groups in total. The molecule has 0 aromatic carbocycles. The van der Waals surface area contributed by atoms with Crippen molar-refractivity contribution >= 4 is 30.8 Å². The summed E-state index contributed by atoms with van der Waals surface area (Å²) in [4.78, 5) is 24.2. The van der Waals surface area contributed by atoms with Gasteiger partial charge >= 0.3 is 11.9 Å². The average molecular weight is 174 g/mol. The van der Waals surface area contributed by atoms with Gasteiger partial charge in [-0.2, -0.15) is 0 Å². The second-order valence-corrected chi connectivity index (χ2v) is 2.01. The molecule has 1 aromatic rings. The van der Waals surface area contributed by atoms with Crippen LogP contribution in [0.15, 0.2) is 18.3 Å². The third-order valence-electron chi connectivity index (χ3n) is 1.24. The molecule has 0 amide bonds. The van der Waals surface area contributed by atoms with Gasteiger partial charge in [0, 0.05) is 25.1 Å². The first kappa shape index (κ1) is 11.7. The van der Waals surface area contributed by atoms with E-state index in [2.05, 4.69) is 4.98 Å². The third kappa shape index (κ3) is 2.58. The maximum absolute atomic E-state index is 10.4. The van der Waals surface area contributed by atoms with Crippen LogP contribution in [0.2, 0.25) is 0 Å². The van der Waals surface area contributed by atoms with E-state index in [1.165, 1.54) is 18.3 Å². The van der Waals surface area contributed by atoms with E-state index in [1.807, 2.05) is 0 Å². The zero-order valence-electron chi connectivity index (χ0n) is 6.89. The molecule has 63 valence electrons. The zero-order chi connectivity index (χ0) is 9.14. The molecule has 6 heteroatoms. The minimum atomic E-state index is -1.34. The maximum Gasteiger partial charge on any atom is 0.355 e. The molecule has 1 heterocycles. The SMILES string of the molecule is O=C(O)c1cccnc1C(=O)O.[Li]. The molecule has 0 unspecified atom stereocenters. The number of carboxylic acid groups (broad SMARTS) is 2. The van der Waals surface area contributed by atoms with Gasteiger partial charge in [0.15, 0.2) is 5.69 Å². The van der Waals surface area contributed by atoms with E-state index in [9.17, 15) is 9.59 Å². The molecule has 0 atom stereocenters. The second kappa shape index (κ2) is 4.65. The smallest absolute Gasteiger partial charge is 0.355 e. The van der Waals surface area contributed by atoms with Gasteiger partial charge in [-0.05, 0) is 12.1 Å². The van der Waals surface area contributed by atoms with Crippen molar-refractivity contribution in [3.8, 4) is 0 Å². The van der Waals surface area contributed by atoms with E-state index >= 15 is 0 Å². The van der Waals surface area contributed by atoms with Crippen LogP contribution in [-0.4, -0.2) is 46.0 Å². The van der Waals surface area contributed by atoms with Gasteiger partial charge in [-0.25, -0.2) is 14.6 Å². The Kier molecular flexibility index (Phi) is 4.18. The summed E-state index contributed by atoms with van der Waals surface area (Å²) < 4.78 is 0. The Morgan fingerprint density at radius 3 is 2.23 bits per heavy atom. The first-order valence-corrected chi connectivity index (χ1v) is 3.04. The van der Waals surface area contributed by atoms with E-state index < -0.39 is 17.6 Å². The molecule has 0 saturated carbocycles. The number of rotatable bonds is 2. The van der Waals surface area contributed by atoms with Crippen molar-refractivity contribution in [2.24, 2.45) is 0 Å². The van der Waals surface area contributed by atoms with E-state index in [4.69, 9.17) is 10.2 Å². The predicted molar refractivity (Wildman–Crippen MR) is 43.9 cm³/mol. The third-order valence-corrected chi connectivity index (χ3v) is 1.24. The van der Waals surface area contributed by atoms with Crippen LogP contribution in [0.5, 0.6) is 0 Å². The summed E-state index contributed by atoms with van der Waals surface area (Å²) in [6.45, 7) is 0. The van der Waals surface area contributed by atoms with Crippen LogP contribution in [0.1, 0.15) is 20.8 Å². The molecule has 1 radical (unpaired) electrons. The fourth-order valence-corrected chi connectivity index (χ4v) is 0.748. The van der Waals surface area contributed by atoms with E-state index in [-0.39, 0.29) is 24.4 Å². The summed E-state index contributed by atoms with van der Waals surface area (Å²) in [7, 11) is 0. The van der Waals surface area contributed by atoms with Crippen LogP contribution < -0.4 is 0 Å². The number of hydrogen-bond donors (Lipinski definition) is 2. The van der Waals surface area contributed by atoms with Crippen molar-refractivity contribution in [3.63, 3.8) is 0 Å². The number of aromatic nitrogens is 1. The second-order valence-electron chi connectivity index (χ2n) is 2.01. The van der Waals surface area contributed by atoms with Gasteiger partial charge in [0.2, 0.25) is 0 Å². The van der Waals surface area contributed by atoms with Crippen LogP contribution in [0.4, 0.5) is 0 Å². The van der Waals surface area contributed by atoms with Gasteiger partial charge in [0.25, 0.3) is 0 Å². The molecule has 13 heavy (non-hydrogen) atoms. The molecular weight excluding hydrogens is 169 g/mol. The molecule has 1 aromatic heterocycles. The molecular formula is C7H5LiNO4. The Hall–Kier alpha value is -1.31. The van der Waals surface area contributed by atoms with E-state index in [0.29, 0.717) is 0 Å². The largest absolute Gasteiger partial charge is 0.478 e. The number of aromatic carboxylic acids is 2. The van der Waals surface area contributed by atoms with Crippen molar-refractivity contribution in [2.75, 3.05) is 0 Å². The van der Waals surface area contributed by atoms with Crippen molar-refractivity contribution in [1.29, 1.82) is 0 Å². The van der Waals surface area contributed by atoms with Crippen molar-refractivity contribution in [1.82, 2.24) is 4.98 Å². The molecule has 0 spiro atoms. The van der Waals surface area contributed by atoms with Gasteiger partial charge in [0.05, 0.1) is 5.56 Å². The summed E-state index contributed by atoms with van der Waals surface area (Å²) in [5.74, 6) is -2.63. The molecule has 0 aliphatic rings. The van der Waals surface area contributed by atoms with E-state index in [1.54, 1.807) is 0 Å². The fourth-order valence-electron chi connectivity index (χ4n) is 0.748. The first-order chi connectivity index (χ1) is 5.63. The average Bonchev–Trinajstić information content (AvgIpc) is 2.04. The monoisotopic (exact) mass is 174 g/mol. The summed E-state index contributed by atoms with van der Waals surface area (Å²) in [6, 6.07) is 2.56.